The lowest BCUT2D eigenvalue weighted by Gasteiger charge is -2.03. The molecule has 0 spiro atoms. The Morgan fingerprint density at radius 2 is 1.09 bits per heavy atom. The lowest BCUT2D eigenvalue weighted by Crippen LogP contribution is -1.84. The van der Waals surface area contributed by atoms with Crippen molar-refractivity contribution in [3.05, 3.63) is 93.3 Å². The van der Waals surface area contributed by atoms with Gasteiger partial charge in [0.15, 0.2) is 0 Å². The van der Waals surface area contributed by atoms with E-state index < -0.39 is 0 Å². The van der Waals surface area contributed by atoms with Crippen molar-refractivity contribution in [1.82, 2.24) is 0 Å². The Bertz CT molecular complexity index is 809. The first-order valence-corrected chi connectivity index (χ1v) is 13.7. The summed E-state index contributed by atoms with van der Waals surface area (Å²) in [5.74, 6) is 0. The summed E-state index contributed by atoms with van der Waals surface area (Å²) in [4.78, 5) is 0. The summed E-state index contributed by atoms with van der Waals surface area (Å²) in [5, 5.41) is 4.43. The molecule has 0 atom stereocenters. The summed E-state index contributed by atoms with van der Waals surface area (Å²) >= 11 is 1.79. The van der Waals surface area contributed by atoms with Gasteiger partial charge in [0.05, 0.1) is 0 Å². The van der Waals surface area contributed by atoms with Gasteiger partial charge in [-0.1, -0.05) is 64.3 Å². The summed E-state index contributed by atoms with van der Waals surface area (Å²) in [6.45, 7) is 15.1. The Hall–Kier alpha value is -1.86. The van der Waals surface area contributed by atoms with Crippen LogP contribution in [0.3, 0.4) is 0 Å². The summed E-state index contributed by atoms with van der Waals surface area (Å²) in [7, 11) is 0. The molecule has 0 saturated carbocycles. The quantitative estimate of drug-likeness (QED) is 0.201. The highest BCUT2D eigenvalue weighted by Gasteiger charge is 1.96. The van der Waals surface area contributed by atoms with Crippen LogP contribution >= 0.6 is 11.3 Å². The zero-order valence-corrected chi connectivity index (χ0v) is 22.9. The number of rotatable bonds is 17. The van der Waals surface area contributed by atoms with Crippen molar-refractivity contribution >= 4 is 11.3 Å². The van der Waals surface area contributed by atoms with Gasteiger partial charge < -0.3 is 0 Å². The van der Waals surface area contributed by atoms with E-state index >= 15 is 0 Å². The molecule has 0 aliphatic heterocycles. The molecule has 1 heterocycles. The van der Waals surface area contributed by atoms with Crippen LogP contribution in [0.5, 0.6) is 0 Å². The minimum atomic E-state index is 1.01. The molecule has 1 rings (SSSR count). The van der Waals surface area contributed by atoms with Crippen molar-refractivity contribution in [2.24, 2.45) is 0 Å². The smallest absolute Gasteiger partial charge is 0.00611 e. The van der Waals surface area contributed by atoms with Crippen molar-refractivity contribution < 1.29 is 0 Å². The van der Waals surface area contributed by atoms with Crippen LogP contribution in [0.25, 0.3) is 0 Å². The monoisotopic (exact) mass is 464 g/mol. The molecule has 0 fully saturated rings. The second-order valence-corrected chi connectivity index (χ2v) is 10.4. The third-order valence-electron chi connectivity index (χ3n) is 6.10. The zero-order valence-electron chi connectivity index (χ0n) is 22.1. The van der Waals surface area contributed by atoms with Gasteiger partial charge in [-0.3, -0.25) is 0 Å². The molecule has 1 aromatic rings. The van der Waals surface area contributed by atoms with Crippen molar-refractivity contribution in [2.75, 3.05) is 0 Å². The van der Waals surface area contributed by atoms with E-state index in [9.17, 15) is 0 Å². The second kappa shape index (κ2) is 18.6. The molecule has 0 nitrogen and oxygen atoms in total. The zero-order chi connectivity index (χ0) is 24.3. The van der Waals surface area contributed by atoms with Crippen LogP contribution in [0, 0.1) is 0 Å². The maximum Gasteiger partial charge on any atom is -0.00611 e. The Labute approximate surface area is 209 Å². The predicted molar refractivity (Wildman–Crippen MR) is 153 cm³/mol. The summed E-state index contributed by atoms with van der Waals surface area (Å²) in [6, 6.07) is 2.24. The van der Waals surface area contributed by atoms with Gasteiger partial charge in [0.1, 0.15) is 0 Å². The normalized spacial score (nSPS) is 14.2. The number of aryl methyl sites for hydroxylation is 1. The summed E-state index contributed by atoms with van der Waals surface area (Å²) < 4.78 is 0. The number of hydrogen-bond donors (Lipinski definition) is 0. The largest absolute Gasteiger partial charge is 0.152 e. The lowest BCUT2D eigenvalue weighted by atomic mass is 10.0. The van der Waals surface area contributed by atoms with Crippen LogP contribution in [-0.2, 0) is 6.42 Å². The Balaban J connectivity index is 2.19. The number of thiophene rings is 1. The lowest BCUT2D eigenvalue weighted by molar-refractivity contribution is 0.887. The fourth-order valence-corrected chi connectivity index (χ4v) is 4.53. The van der Waals surface area contributed by atoms with E-state index in [2.05, 4.69) is 88.4 Å². The highest BCUT2D eigenvalue weighted by Crippen LogP contribution is 2.16. The van der Waals surface area contributed by atoms with E-state index in [1.807, 2.05) is 6.08 Å². The van der Waals surface area contributed by atoms with Crippen LogP contribution in [0.15, 0.2) is 87.7 Å². The molecule has 0 radical (unpaired) electrons. The van der Waals surface area contributed by atoms with Crippen LogP contribution in [-0.4, -0.2) is 0 Å². The van der Waals surface area contributed by atoms with Crippen molar-refractivity contribution in [3.63, 3.8) is 0 Å². The molecule has 0 bridgehead atoms. The Kier molecular flexibility index (Phi) is 16.4. The van der Waals surface area contributed by atoms with E-state index in [-0.39, 0.29) is 0 Å². The van der Waals surface area contributed by atoms with E-state index in [1.54, 1.807) is 11.3 Å². The minimum absolute atomic E-state index is 1.01. The van der Waals surface area contributed by atoms with Gasteiger partial charge in [0.2, 0.25) is 0 Å². The molecule has 0 aromatic carbocycles. The molecule has 0 aliphatic rings. The van der Waals surface area contributed by atoms with Crippen LogP contribution in [0.1, 0.15) is 104 Å². The third-order valence-corrected chi connectivity index (χ3v) is 6.83. The fourth-order valence-electron chi connectivity index (χ4n) is 3.82. The molecule has 182 valence electrons. The van der Waals surface area contributed by atoms with Gasteiger partial charge in [-0.15, -0.1) is 6.58 Å². The van der Waals surface area contributed by atoms with Gasteiger partial charge in [-0.25, -0.2) is 0 Å². The standard InChI is InChI=1S/C32H48S/c1-7-13-27(2)14-8-15-28(3)16-9-17-29(4)18-10-19-30(5)20-11-21-31(6)22-12-23-32-24-25-33-26-32/h7,14,16,18,20,22,24-26H,1,8-13,15,17,19,21,23H2,2-6H3/b27-14+,28-16+,29-18+,30-20+,31-22+. The van der Waals surface area contributed by atoms with Crippen LogP contribution in [0.4, 0.5) is 0 Å². The highest BCUT2D eigenvalue weighted by atomic mass is 32.1. The van der Waals surface area contributed by atoms with Crippen molar-refractivity contribution in [2.45, 2.75) is 105 Å². The second-order valence-electron chi connectivity index (χ2n) is 9.57. The minimum Gasteiger partial charge on any atom is -0.152 e. The van der Waals surface area contributed by atoms with Gasteiger partial charge in [0.25, 0.3) is 0 Å². The number of hydrogen-bond acceptors (Lipinski definition) is 1. The molecule has 0 unspecified atom stereocenters. The average molecular weight is 465 g/mol. The molecule has 1 heteroatoms. The first kappa shape index (κ1) is 29.2. The Morgan fingerprint density at radius 3 is 1.48 bits per heavy atom. The van der Waals surface area contributed by atoms with Crippen molar-refractivity contribution in [1.29, 1.82) is 0 Å². The molecule has 1 aromatic heterocycles. The SMILES string of the molecule is C=CC/C(C)=C/CC/C(C)=C/CC/C(C)=C/CC/C(C)=C/CC/C(C)=C/CCc1ccsc1. The van der Waals surface area contributed by atoms with E-state index in [4.69, 9.17) is 0 Å². The van der Waals surface area contributed by atoms with Gasteiger partial charge in [0, 0.05) is 0 Å². The molecule has 0 aliphatic carbocycles. The first-order valence-electron chi connectivity index (χ1n) is 12.8. The molecular formula is C32H48S. The summed E-state index contributed by atoms with van der Waals surface area (Å²) in [6.07, 6.45) is 26.8. The number of allylic oxidation sites excluding steroid dienone is 11. The maximum atomic E-state index is 3.80. The van der Waals surface area contributed by atoms with E-state index in [0.29, 0.717) is 0 Å². The molecular weight excluding hydrogens is 416 g/mol. The first-order chi connectivity index (χ1) is 15.9. The maximum absolute atomic E-state index is 3.80. The summed E-state index contributed by atoms with van der Waals surface area (Å²) in [5.41, 5.74) is 8.99. The van der Waals surface area contributed by atoms with E-state index in [1.165, 1.54) is 78.4 Å². The fraction of sp³-hybridized carbons (Fsp3) is 0.500. The van der Waals surface area contributed by atoms with Gasteiger partial charge in [-0.2, -0.15) is 11.3 Å². The molecule has 0 N–H and O–H groups in total. The average Bonchev–Trinajstić information content (AvgIpc) is 3.27. The highest BCUT2D eigenvalue weighted by molar-refractivity contribution is 7.07. The molecule has 0 amide bonds. The topological polar surface area (TPSA) is 0 Å². The van der Waals surface area contributed by atoms with Gasteiger partial charge in [-0.05, 0) is 128 Å². The predicted octanol–water partition coefficient (Wildman–Crippen LogP) is 11.1. The van der Waals surface area contributed by atoms with Crippen LogP contribution in [0.2, 0.25) is 0 Å². The van der Waals surface area contributed by atoms with Crippen molar-refractivity contribution in [3.8, 4) is 0 Å². The molecule has 0 saturated heterocycles. The van der Waals surface area contributed by atoms with Gasteiger partial charge >= 0.3 is 0 Å². The Morgan fingerprint density at radius 1 is 0.667 bits per heavy atom. The third kappa shape index (κ3) is 16.4. The van der Waals surface area contributed by atoms with E-state index in [0.717, 1.165) is 25.7 Å². The van der Waals surface area contributed by atoms with Crippen LogP contribution < -0.4 is 0 Å². The molecule has 33 heavy (non-hydrogen) atoms.